The molecule has 3 rings (SSSR count). The van der Waals surface area contributed by atoms with Crippen molar-refractivity contribution in [2.24, 2.45) is 0 Å². The fourth-order valence-electron chi connectivity index (χ4n) is 2.59. The first-order valence-electron chi connectivity index (χ1n) is 8.20. The van der Waals surface area contributed by atoms with Gasteiger partial charge in [-0.3, -0.25) is 10.1 Å². The molecule has 1 N–H and O–H groups in total. The minimum Gasteiger partial charge on any atom is -0.298 e. The Bertz CT molecular complexity index is 887. The molecule has 3 aromatic rings. The first-order valence-corrected chi connectivity index (χ1v) is 9.40. The Kier molecular flexibility index (Phi) is 5.51. The zero-order valence-corrected chi connectivity index (χ0v) is 15.7. The van der Waals surface area contributed by atoms with Crippen molar-refractivity contribution in [1.29, 1.82) is 0 Å². The zero-order valence-electron chi connectivity index (χ0n) is 14.2. The van der Waals surface area contributed by atoms with Gasteiger partial charge in [0.25, 0.3) is 5.91 Å². The lowest BCUT2D eigenvalue weighted by molar-refractivity contribution is 0.102. The van der Waals surface area contributed by atoms with Gasteiger partial charge in [0.15, 0.2) is 5.13 Å². The van der Waals surface area contributed by atoms with Gasteiger partial charge in [-0.2, -0.15) is 0 Å². The number of rotatable bonds is 5. The van der Waals surface area contributed by atoms with Crippen molar-refractivity contribution in [2.75, 3.05) is 5.32 Å². The molecule has 0 atom stereocenters. The zero-order chi connectivity index (χ0) is 17.8. The monoisotopic (exact) mass is 370 g/mol. The third-order valence-electron chi connectivity index (χ3n) is 3.79. The molecule has 1 amide bonds. The SMILES string of the molecule is CCCc1sc(NC(=O)c2cccc(C)c2)nc1-c1ccc(Cl)cc1. The molecule has 2 aromatic carbocycles. The summed E-state index contributed by atoms with van der Waals surface area (Å²) in [5.41, 5.74) is 3.63. The molecule has 1 heterocycles. The lowest BCUT2D eigenvalue weighted by atomic mass is 10.1. The highest BCUT2D eigenvalue weighted by molar-refractivity contribution is 7.16. The summed E-state index contributed by atoms with van der Waals surface area (Å²) in [5.74, 6) is -0.136. The van der Waals surface area contributed by atoms with Gasteiger partial charge < -0.3 is 0 Å². The molecule has 0 fully saturated rings. The van der Waals surface area contributed by atoms with Crippen LogP contribution in [0.3, 0.4) is 0 Å². The summed E-state index contributed by atoms with van der Waals surface area (Å²) < 4.78 is 0. The molecule has 25 heavy (non-hydrogen) atoms. The van der Waals surface area contributed by atoms with E-state index in [2.05, 4.69) is 17.2 Å². The van der Waals surface area contributed by atoms with Gasteiger partial charge in [0.05, 0.1) is 5.69 Å². The fraction of sp³-hybridized carbons (Fsp3) is 0.200. The minimum absolute atomic E-state index is 0.136. The number of aromatic nitrogens is 1. The minimum atomic E-state index is -0.136. The molecule has 128 valence electrons. The molecule has 0 aliphatic carbocycles. The molecule has 3 nitrogen and oxygen atoms in total. The van der Waals surface area contributed by atoms with Crippen LogP contribution in [0, 0.1) is 6.92 Å². The Morgan fingerprint density at radius 1 is 1.20 bits per heavy atom. The summed E-state index contributed by atoms with van der Waals surface area (Å²) in [4.78, 5) is 18.3. The molecule has 0 aliphatic heterocycles. The van der Waals surface area contributed by atoms with Crippen LogP contribution >= 0.6 is 22.9 Å². The van der Waals surface area contributed by atoms with Gasteiger partial charge in [0.1, 0.15) is 0 Å². The van der Waals surface area contributed by atoms with Crippen LogP contribution in [0.4, 0.5) is 5.13 Å². The highest BCUT2D eigenvalue weighted by Gasteiger charge is 2.15. The number of hydrogen-bond acceptors (Lipinski definition) is 3. The number of benzene rings is 2. The maximum Gasteiger partial charge on any atom is 0.257 e. The van der Waals surface area contributed by atoms with Crippen LogP contribution in [0.2, 0.25) is 5.02 Å². The van der Waals surface area contributed by atoms with Crippen LogP contribution in [0.1, 0.15) is 34.1 Å². The molecule has 0 aliphatic rings. The quantitative estimate of drug-likeness (QED) is 0.600. The van der Waals surface area contributed by atoms with Gasteiger partial charge in [-0.25, -0.2) is 4.98 Å². The molecular formula is C20H19ClN2OS. The van der Waals surface area contributed by atoms with Crippen molar-refractivity contribution in [3.63, 3.8) is 0 Å². The summed E-state index contributed by atoms with van der Waals surface area (Å²) in [5, 5.41) is 4.25. The largest absolute Gasteiger partial charge is 0.298 e. The van der Waals surface area contributed by atoms with E-state index in [1.807, 2.05) is 55.5 Å². The first kappa shape index (κ1) is 17.6. The van der Waals surface area contributed by atoms with Gasteiger partial charge in [-0.1, -0.05) is 54.8 Å². The Labute approximate surface area is 156 Å². The van der Waals surface area contributed by atoms with E-state index in [0.717, 1.165) is 29.7 Å². The Morgan fingerprint density at radius 2 is 1.96 bits per heavy atom. The van der Waals surface area contributed by atoms with Crippen LogP contribution in [-0.2, 0) is 6.42 Å². The maximum absolute atomic E-state index is 12.5. The maximum atomic E-state index is 12.5. The highest BCUT2D eigenvalue weighted by atomic mass is 35.5. The van der Waals surface area contributed by atoms with Gasteiger partial charge >= 0.3 is 0 Å². The van der Waals surface area contributed by atoms with Crippen LogP contribution in [0.5, 0.6) is 0 Å². The molecule has 5 heteroatoms. The van der Waals surface area contributed by atoms with E-state index >= 15 is 0 Å². The second-order valence-corrected chi connectivity index (χ2v) is 7.39. The molecule has 0 spiro atoms. The van der Waals surface area contributed by atoms with Gasteiger partial charge in [-0.15, -0.1) is 11.3 Å². The highest BCUT2D eigenvalue weighted by Crippen LogP contribution is 2.33. The predicted molar refractivity (Wildman–Crippen MR) is 106 cm³/mol. The van der Waals surface area contributed by atoms with Crippen molar-refractivity contribution in [2.45, 2.75) is 26.7 Å². The third kappa shape index (κ3) is 4.27. The van der Waals surface area contributed by atoms with Gasteiger partial charge in [0, 0.05) is 21.0 Å². The second-order valence-electron chi connectivity index (χ2n) is 5.87. The van der Waals surface area contributed by atoms with Crippen molar-refractivity contribution in [3.05, 3.63) is 69.6 Å². The lowest BCUT2D eigenvalue weighted by Crippen LogP contribution is -2.11. The number of nitrogens with zero attached hydrogens (tertiary/aromatic N) is 1. The molecule has 0 saturated heterocycles. The van der Waals surface area contributed by atoms with E-state index in [1.54, 1.807) is 0 Å². The van der Waals surface area contributed by atoms with Crippen molar-refractivity contribution < 1.29 is 4.79 Å². The number of nitrogens with one attached hydrogen (secondary N) is 1. The Hall–Kier alpha value is -2.17. The number of carbonyl (C=O) groups is 1. The third-order valence-corrected chi connectivity index (χ3v) is 5.08. The lowest BCUT2D eigenvalue weighted by Gasteiger charge is -2.02. The van der Waals surface area contributed by atoms with Crippen molar-refractivity contribution in [1.82, 2.24) is 4.98 Å². The predicted octanol–water partition coefficient (Wildman–Crippen LogP) is 5.98. The van der Waals surface area contributed by atoms with E-state index in [9.17, 15) is 4.79 Å². The summed E-state index contributed by atoms with van der Waals surface area (Å²) in [7, 11) is 0. The summed E-state index contributed by atoms with van der Waals surface area (Å²) >= 11 is 7.51. The number of amides is 1. The number of anilines is 1. The van der Waals surface area contributed by atoms with E-state index in [0.29, 0.717) is 15.7 Å². The summed E-state index contributed by atoms with van der Waals surface area (Å²) in [6.07, 6.45) is 1.95. The molecular weight excluding hydrogens is 352 g/mol. The topological polar surface area (TPSA) is 42.0 Å². The Balaban J connectivity index is 1.88. The number of aryl methyl sites for hydroxylation is 2. The van der Waals surface area contributed by atoms with Crippen LogP contribution in [-0.4, -0.2) is 10.9 Å². The van der Waals surface area contributed by atoms with E-state index < -0.39 is 0 Å². The smallest absolute Gasteiger partial charge is 0.257 e. The summed E-state index contributed by atoms with van der Waals surface area (Å²) in [6, 6.07) is 15.2. The molecule has 0 saturated carbocycles. The normalized spacial score (nSPS) is 10.7. The van der Waals surface area contributed by atoms with E-state index in [-0.39, 0.29) is 5.91 Å². The van der Waals surface area contributed by atoms with E-state index in [1.165, 1.54) is 16.2 Å². The Morgan fingerprint density at radius 3 is 2.64 bits per heavy atom. The van der Waals surface area contributed by atoms with Crippen molar-refractivity contribution in [3.8, 4) is 11.3 Å². The second kappa shape index (κ2) is 7.81. The number of hydrogen-bond donors (Lipinski definition) is 1. The average molecular weight is 371 g/mol. The molecule has 1 aromatic heterocycles. The molecule has 0 unspecified atom stereocenters. The standard InChI is InChI=1S/C20H19ClN2OS/c1-3-5-17-18(14-8-10-16(21)11-9-14)22-20(25-17)23-19(24)15-7-4-6-13(2)12-15/h4,6-12H,3,5H2,1-2H3,(H,22,23,24). The first-order chi connectivity index (χ1) is 12.1. The van der Waals surface area contributed by atoms with Gasteiger partial charge in [0.2, 0.25) is 0 Å². The average Bonchev–Trinajstić information content (AvgIpc) is 2.98. The van der Waals surface area contributed by atoms with Crippen LogP contribution in [0.15, 0.2) is 48.5 Å². The van der Waals surface area contributed by atoms with Crippen LogP contribution in [0.25, 0.3) is 11.3 Å². The number of halogens is 1. The van der Waals surface area contributed by atoms with E-state index in [4.69, 9.17) is 11.6 Å². The number of thiazole rings is 1. The molecule has 0 radical (unpaired) electrons. The fourth-order valence-corrected chi connectivity index (χ4v) is 3.80. The van der Waals surface area contributed by atoms with Crippen LogP contribution < -0.4 is 5.32 Å². The van der Waals surface area contributed by atoms with Gasteiger partial charge in [-0.05, 0) is 37.6 Å². The summed E-state index contributed by atoms with van der Waals surface area (Å²) in [6.45, 7) is 4.11. The van der Waals surface area contributed by atoms with Crippen molar-refractivity contribution >= 4 is 34.0 Å². The molecule has 0 bridgehead atoms. The number of carbonyl (C=O) groups excluding carboxylic acids is 1.